The van der Waals surface area contributed by atoms with Crippen molar-refractivity contribution in [2.75, 3.05) is 26.7 Å². The van der Waals surface area contributed by atoms with E-state index in [1.807, 2.05) is 0 Å². The Hall–Kier alpha value is -0.110. The molecular formula is C9H20FN. The zero-order valence-electron chi connectivity index (χ0n) is 7.77. The average molecular weight is 161 g/mol. The van der Waals surface area contributed by atoms with Gasteiger partial charge in [-0.15, -0.1) is 0 Å². The first-order valence-electron chi connectivity index (χ1n) is 4.60. The van der Waals surface area contributed by atoms with Gasteiger partial charge in [0, 0.05) is 12.8 Å². The number of hydrogen-bond donors (Lipinski definition) is 0. The summed E-state index contributed by atoms with van der Waals surface area (Å²) in [6.07, 6.45) is 5.69. The molecule has 0 bridgehead atoms. The van der Waals surface area contributed by atoms with Gasteiger partial charge < -0.3 is 9.19 Å². The molecule has 2 heteroatoms. The lowest BCUT2D eigenvalue weighted by Gasteiger charge is -2.28. The van der Waals surface area contributed by atoms with Crippen molar-refractivity contribution in [3.63, 3.8) is 0 Å². The molecule has 1 aliphatic heterocycles. The molecule has 0 aliphatic carbocycles. The molecule has 11 heavy (non-hydrogen) atoms. The summed E-state index contributed by atoms with van der Waals surface area (Å²) in [6.45, 7) is 6.55. The highest BCUT2D eigenvalue weighted by molar-refractivity contribution is 4.51. The van der Waals surface area contributed by atoms with Gasteiger partial charge in [0.2, 0.25) is 0 Å². The summed E-state index contributed by atoms with van der Waals surface area (Å²) < 4.78 is 1.36. The molecule has 0 aromatic rings. The number of unbranched alkanes of at least 4 members (excludes halogenated alkanes) is 1. The minimum atomic E-state index is 0. The maximum Gasteiger partial charge on any atom is 0.0786 e. The first-order valence-corrected chi connectivity index (χ1v) is 4.60. The van der Waals surface area contributed by atoms with Crippen LogP contribution in [0.25, 0.3) is 0 Å². The molecular weight excluding hydrogens is 141 g/mol. The molecule has 1 saturated heterocycles. The first kappa shape index (κ1) is 10.9. The van der Waals surface area contributed by atoms with E-state index in [4.69, 9.17) is 0 Å². The van der Waals surface area contributed by atoms with Crippen molar-refractivity contribution in [3.8, 4) is 0 Å². The van der Waals surface area contributed by atoms with Crippen LogP contribution in [-0.2, 0) is 0 Å². The van der Waals surface area contributed by atoms with Crippen LogP contribution in [0.5, 0.6) is 0 Å². The number of nitrogens with zero attached hydrogens (tertiary/aromatic N) is 1. The van der Waals surface area contributed by atoms with E-state index in [-0.39, 0.29) is 4.70 Å². The van der Waals surface area contributed by atoms with Crippen LogP contribution in [0.4, 0.5) is 0 Å². The lowest BCUT2D eigenvalue weighted by atomic mass is 10.3. The fourth-order valence-electron chi connectivity index (χ4n) is 1.86. The van der Waals surface area contributed by atoms with Crippen molar-refractivity contribution < 1.29 is 9.19 Å². The van der Waals surface area contributed by atoms with Gasteiger partial charge in [-0.1, -0.05) is 13.3 Å². The summed E-state index contributed by atoms with van der Waals surface area (Å²) in [7, 11) is 2.41. The summed E-state index contributed by atoms with van der Waals surface area (Å²) in [5.41, 5.74) is 0. The summed E-state index contributed by atoms with van der Waals surface area (Å²) in [5.74, 6) is 0. The van der Waals surface area contributed by atoms with Crippen LogP contribution in [0.1, 0.15) is 32.6 Å². The van der Waals surface area contributed by atoms with E-state index < -0.39 is 0 Å². The topological polar surface area (TPSA) is 0 Å². The van der Waals surface area contributed by atoms with Gasteiger partial charge in [-0.3, -0.25) is 0 Å². The molecule has 0 atom stereocenters. The molecule has 0 spiro atoms. The fourth-order valence-corrected chi connectivity index (χ4v) is 1.86. The highest BCUT2D eigenvalue weighted by atomic mass is 19.0. The Bertz CT molecular complexity index is 97.7. The van der Waals surface area contributed by atoms with Crippen LogP contribution in [0, 0.1) is 0 Å². The Kier molecular flexibility index (Phi) is 4.66. The molecule has 0 aromatic heterocycles. The van der Waals surface area contributed by atoms with Gasteiger partial charge in [0.15, 0.2) is 0 Å². The molecule has 1 rings (SSSR count). The normalized spacial score (nSPS) is 21.3. The predicted octanol–water partition coefficient (Wildman–Crippen LogP) is -0.969. The van der Waals surface area contributed by atoms with E-state index in [0.29, 0.717) is 0 Å². The molecule has 1 heterocycles. The van der Waals surface area contributed by atoms with Crippen LogP contribution < -0.4 is 4.70 Å². The molecule has 0 radical (unpaired) electrons. The SMILES string of the molecule is CCCC[N+]1(C)CCCC1.[F-]. The third kappa shape index (κ3) is 3.19. The van der Waals surface area contributed by atoms with E-state index in [9.17, 15) is 0 Å². The highest BCUT2D eigenvalue weighted by Gasteiger charge is 2.25. The Morgan fingerprint density at radius 3 is 2.18 bits per heavy atom. The number of rotatable bonds is 3. The van der Waals surface area contributed by atoms with Crippen LogP contribution in [0.3, 0.4) is 0 Å². The number of quaternary nitrogens is 1. The van der Waals surface area contributed by atoms with Crippen molar-refractivity contribution in [2.24, 2.45) is 0 Å². The van der Waals surface area contributed by atoms with Gasteiger partial charge in [0.05, 0.1) is 26.7 Å². The smallest absolute Gasteiger partial charge is 0.0786 e. The molecule has 1 aliphatic rings. The van der Waals surface area contributed by atoms with Gasteiger partial charge in [0.25, 0.3) is 0 Å². The summed E-state index contributed by atoms with van der Waals surface area (Å²) in [6, 6.07) is 0. The van der Waals surface area contributed by atoms with Gasteiger partial charge in [-0.2, -0.15) is 0 Å². The van der Waals surface area contributed by atoms with Gasteiger partial charge in [-0.05, 0) is 6.42 Å². The monoisotopic (exact) mass is 161 g/mol. The van der Waals surface area contributed by atoms with E-state index in [1.165, 1.54) is 49.8 Å². The minimum absolute atomic E-state index is 0. The Balaban J connectivity index is 0.000001000. The quantitative estimate of drug-likeness (QED) is 0.467. The largest absolute Gasteiger partial charge is 1.00 e. The Labute approximate surface area is 69.4 Å². The van der Waals surface area contributed by atoms with E-state index in [1.54, 1.807) is 0 Å². The highest BCUT2D eigenvalue weighted by Crippen LogP contribution is 2.16. The zero-order valence-corrected chi connectivity index (χ0v) is 7.77. The van der Waals surface area contributed by atoms with E-state index in [2.05, 4.69) is 14.0 Å². The second-order valence-electron chi connectivity index (χ2n) is 3.85. The second-order valence-corrected chi connectivity index (χ2v) is 3.85. The maximum atomic E-state index is 2.41. The predicted molar refractivity (Wildman–Crippen MR) is 44.9 cm³/mol. The number of halogens is 1. The third-order valence-corrected chi connectivity index (χ3v) is 2.70. The van der Waals surface area contributed by atoms with Crippen molar-refractivity contribution in [2.45, 2.75) is 32.6 Å². The summed E-state index contributed by atoms with van der Waals surface area (Å²) in [5, 5.41) is 0. The fraction of sp³-hybridized carbons (Fsp3) is 1.00. The van der Waals surface area contributed by atoms with Crippen LogP contribution in [0.15, 0.2) is 0 Å². The molecule has 1 nitrogen and oxygen atoms in total. The molecule has 0 N–H and O–H groups in total. The number of likely N-dealkylation sites (tertiary alicyclic amines) is 1. The third-order valence-electron chi connectivity index (χ3n) is 2.70. The molecule has 0 saturated carbocycles. The standard InChI is InChI=1S/C9H20N.FH/c1-3-4-7-10(2)8-5-6-9-10;/h3-9H2,1-2H3;1H/q+1;/p-1. The molecule has 1 fully saturated rings. The lowest BCUT2D eigenvalue weighted by molar-refractivity contribution is -0.897. The van der Waals surface area contributed by atoms with Crippen molar-refractivity contribution >= 4 is 0 Å². The van der Waals surface area contributed by atoms with Crippen molar-refractivity contribution in [3.05, 3.63) is 0 Å². The van der Waals surface area contributed by atoms with E-state index >= 15 is 0 Å². The van der Waals surface area contributed by atoms with Gasteiger partial charge in [-0.25, -0.2) is 0 Å². The molecule has 0 unspecified atom stereocenters. The number of hydrogen-bond acceptors (Lipinski definition) is 0. The summed E-state index contributed by atoms with van der Waals surface area (Å²) >= 11 is 0. The zero-order chi connectivity index (χ0) is 7.45. The van der Waals surface area contributed by atoms with E-state index in [0.717, 1.165) is 0 Å². The Morgan fingerprint density at radius 1 is 1.18 bits per heavy atom. The summed E-state index contributed by atoms with van der Waals surface area (Å²) in [4.78, 5) is 0. The molecule has 0 amide bonds. The molecule has 0 aromatic carbocycles. The van der Waals surface area contributed by atoms with Crippen molar-refractivity contribution in [1.29, 1.82) is 0 Å². The molecule has 68 valence electrons. The average Bonchev–Trinajstić information content (AvgIpc) is 2.33. The lowest BCUT2D eigenvalue weighted by Crippen LogP contribution is -3.00. The van der Waals surface area contributed by atoms with Gasteiger partial charge >= 0.3 is 0 Å². The van der Waals surface area contributed by atoms with Crippen LogP contribution in [0.2, 0.25) is 0 Å². The Morgan fingerprint density at radius 2 is 1.73 bits per heavy atom. The minimum Gasteiger partial charge on any atom is -1.00 e. The maximum absolute atomic E-state index is 2.41. The van der Waals surface area contributed by atoms with Crippen LogP contribution in [-0.4, -0.2) is 31.2 Å². The van der Waals surface area contributed by atoms with Crippen molar-refractivity contribution in [1.82, 2.24) is 0 Å². The van der Waals surface area contributed by atoms with Gasteiger partial charge in [0.1, 0.15) is 0 Å². The second kappa shape index (κ2) is 4.70. The first-order chi connectivity index (χ1) is 4.77. The van der Waals surface area contributed by atoms with Crippen LogP contribution >= 0.6 is 0 Å².